The van der Waals surface area contributed by atoms with Gasteiger partial charge in [-0.15, -0.1) is 0 Å². The molecule has 8 nitrogen and oxygen atoms in total. The van der Waals surface area contributed by atoms with E-state index in [1.54, 1.807) is 7.11 Å². The van der Waals surface area contributed by atoms with Crippen molar-refractivity contribution in [3.63, 3.8) is 0 Å². The Balaban J connectivity index is 2.21. The Kier molecular flexibility index (Phi) is 4.37. The van der Waals surface area contributed by atoms with Gasteiger partial charge in [0.15, 0.2) is 0 Å². The van der Waals surface area contributed by atoms with Gasteiger partial charge in [0.2, 0.25) is 0 Å². The number of ether oxygens (including phenoxy) is 1. The van der Waals surface area contributed by atoms with Crippen LogP contribution in [0.1, 0.15) is 38.1 Å². The lowest BCUT2D eigenvalue weighted by atomic mass is 9.95. The van der Waals surface area contributed by atoms with Gasteiger partial charge in [-0.1, -0.05) is 20.8 Å². The summed E-state index contributed by atoms with van der Waals surface area (Å²) in [5, 5.41) is 9.28. The largest absolute Gasteiger partial charge is 0.378 e. The maximum atomic E-state index is 11.0. The van der Waals surface area contributed by atoms with Crippen molar-refractivity contribution in [2.24, 2.45) is 0 Å². The number of aromatic amines is 2. The Labute approximate surface area is 122 Å². The van der Waals surface area contributed by atoms with Crippen LogP contribution in [-0.2, 0) is 23.3 Å². The monoisotopic (exact) mass is 292 g/mol. The average molecular weight is 292 g/mol. The minimum atomic E-state index is -0.329. The zero-order valence-electron chi connectivity index (χ0n) is 12.6. The third-order valence-corrected chi connectivity index (χ3v) is 2.73. The summed E-state index contributed by atoms with van der Waals surface area (Å²) in [6.07, 6.45) is 0. The lowest BCUT2D eigenvalue weighted by molar-refractivity contribution is 0.181. The van der Waals surface area contributed by atoms with E-state index in [-0.39, 0.29) is 11.1 Å². The van der Waals surface area contributed by atoms with E-state index in [0.29, 0.717) is 24.8 Å². The molecule has 0 radical (unpaired) electrons. The first kappa shape index (κ1) is 15.2. The second kappa shape index (κ2) is 6.04. The first-order valence-electron chi connectivity index (χ1n) is 6.63. The van der Waals surface area contributed by atoms with Crippen molar-refractivity contribution in [3.05, 3.63) is 33.9 Å². The van der Waals surface area contributed by atoms with Crippen molar-refractivity contribution in [1.29, 1.82) is 0 Å². The molecule has 0 bridgehead atoms. The first-order chi connectivity index (χ1) is 9.88. The Morgan fingerprint density at radius 1 is 1.33 bits per heavy atom. The van der Waals surface area contributed by atoms with Crippen molar-refractivity contribution in [1.82, 2.24) is 25.1 Å². The summed E-state index contributed by atoms with van der Waals surface area (Å²) in [5.74, 6) is 1.92. The third kappa shape index (κ3) is 4.12. The molecule has 2 aromatic heterocycles. The number of aromatic nitrogens is 5. The van der Waals surface area contributed by atoms with Crippen molar-refractivity contribution >= 4 is 5.82 Å². The van der Waals surface area contributed by atoms with Crippen molar-refractivity contribution in [2.75, 3.05) is 12.4 Å². The van der Waals surface area contributed by atoms with Crippen molar-refractivity contribution in [2.45, 2.75) is 39.3 Å². The van der Waals surface area contributed by atoms with Gasteiger partial charge in [0.25, 0.3) is 0 Å². The molecule has 0 fully saturated rings. The fourth-order valence-electron chi connectivity index (χ4n) is 1.71. The highest BCUT2D eigenvalue weighted by Crippen LogP contribution is 2.20. The Bertz CT molecular complexity index is 655. The van der Waals surface area contributed by atoms with Crippen LogP contribution in [0.15, 0.2) is 10.9 Å². The zero-order valence-corrected chi connectivity index (χ0v) is 12.6. The Morgan fingerprint density at radius 2 is 2.10 bits per heavy atom. The normalized spacial score (nSPS) is 11.6. The molecule has 0 aromatic carbocycles. The van der Waals surface area contributed by atoms with Crippen LogP contribution in [0, 0.1) is 0 Å². The van der Waals surface area contributed by atoms with Gasteiger partial charge in [-0.2, -0.15) is 5.10 Å². The summed E-state index contributed by atoms with van der Waals surface area (Å²) >= 11 is 0. The summed E-state index contributed by atoms with van der Waals surface area (Å²) in [6.45, 7) is 6.93. The number of anilines is 1. The molecule has 0 unspecified atom stereocenters. The van der Waals surface area contributed by atoms with Crippen molar-refractivity contribution in [3.8, 4) is 0 Å². The standard InChI is InChI=1S/C13H20N6O2/c1-13(2,3)11-15-8(7-21-4)5-9(16-11)14-6-10-17-12(20)19-18-10/h5H,6-7H2,1-4H3,(H,14,15,16)(H2,17,18,19,20). The fraction of sp³-hybridized carbons (Fsp3) is 0.538. The topological polar surface area (TPSA) is 109 Å². The summed E-state index contributed by atoms with van der Waals surface area (Å²) in [4.78, 5) is 22.6. The van der Waals surface area contributed by atoms with E-state index in [1.165, 1.54) is 0 Å². The molecule has 0 atom stereocenters. The minimum absolute atomic E-state index is 0.166. The van der Waals surface area contributed by atoms with Gasteiger partial charge >= 0.3 is 5.69 Å². The number of methoxy groups -OCH3 is 1. The number of hydrogen-bond donors (Lipinski definition) is 3. The molecule has 2 aromatic rings. The van der Waals surface area contributed by atoms with Gasteiger partial charge in [0.05, 0.1) is 18.8 Å². The smallest absolute Gasteiger partial charge is 0.340 e. The predicted molar refractivity (Wildman–Crippen MR) is 78.0 cm³/mol. The summed E-state index contributed by atoms with van der Waals surface area (Å²) in [7, 11) is 1.63. The highest BCUT2D eigenvalue weighted by atomic mass is 16.5. The van der Waals surface area contributed by atoms with Crippen LogP contribution < -0.4 is 11.0 Å². The number of nitrogens with zero attached hydrogens (tertiary/aromatic N) is 3. The van der Waals surface area contributed by atoms with Gasteiger partial charge in [-0.3, -0.25) is 4.98 Å². The Morgan fingerprint density at radius 3 is 2.67 bits per heavy atom. The highest BCUT2D eigenvalue weighted by Gasteiger charge is 2.19. The maximum Gasteiger partial charge on any atom is 0.340 e. The van der Waals surface area contributed by atoms with E-state index in [0.717, 1.165) is 11.5 Å². The molecule has 0 spiro atoms. The third-order valence-electron chi connectivity index (χ3n) is 2.73. The molecule has 2 heterocycles. The molecule has 3 N–H and O–H groups in total. The lowest BCUT2D eigenvalue weighted by Crippen LogP contribution is -2.18. The van der Waals surface area contributed by atoms with Gasteiger partial charge in [-0.05, 0) is 0 Å². The molecule has 0 aliphatic carbocycles. The van der Waals surface area contributed by atoms with E-state index < -0.39 is 0 Å². The maximum absolute atomic E-state index is 11.0. The molecule has 8 heteroatoms. The highest BCUT2D eigenvalue weighted by molar-refractivity contribution is 5.37. The minimum Gasteiger partial charge on any atom is -0.378 e. The molecule has 0 aliphatic heterocycles. The average Bonchev–Trinajstić information content (AvgIpc) is 2.81. The molecule has 21 heavy (non-hydrogen) atoms. The number of H-pyrrole nitrogens is 2. The second-order valence-electron chi connectivity index (χ2n) is 5.73. The van der Waals surface area contributed by atoms with Crippen LogP contribution >= 0.6 is 0 Å². The molecule has 0 saturated carbocycles. The number of nitrogens with one attached hydrogen (secondary N) is 3. The van der Waals surface area contributed by atoms with E-state index >= 15 is 0 Å². The summed E-state index contributed by atoms with van der Waals surface area (Å²) in [6, 6.07) is 1.82. The SMILES string of the molecule is COCc1cc(NCc2n[nH]c(=O)[nH]2)nc(C(C)(C)C)n1. The molecule has 0 aliphatic rings. The number of hydrogen-bond acceptors (Lipinski definition) is 6. The fourth-order valence-corrected chi connectivity index (χ4v) is 1.71. The summed E-state index contributed by atoms with van der Waals surface area (Å²) < 4.78 is 5.13. The van der Waals surface area contributed by atoms with Crippen LogP contribution in [-0.4, -0.2) is 32.3 Å². The van der Waals surface area contributed by atoms with Gasteiger partial charge in [-0.25, -0.2) is 19.9 Å². The second-order valence-corrected chi connectivity index (χ2v) is 5.73. The van der Waals surface area contributed by atoms with Crippen molar-refractivity contribution < 1.29 is 4.74 Å². The molecule has 0 amide bonds. The molecule has 2 rings (SSSR count). The lowest BCUT2D eigenvalue weighted by Gasteiger charge is -2.18. The van der Waals surface area contributed by atoms with Crippen LogP contribution in [0.25, 0.3) is 0 Å². The zero-order chi connectivity index (χ0) is 15.5. The molecular weight excluding hydrogens is 272 g/mol. The molecule has 114 valence electrons. The van der Waals surface area contributed by atoms with E-state index in [9.17, 15) is 4.79 Å². The van der Waals surface area contributed by atoms with Crippen LogP contribution in [0.5, 0.6) is 0 Å². The molecular formula is C13H20N6O2. The first-order valence-corrected chi connectivity index (χ1v) is 6.63. The summed E-state index contributed by atoms with van der Waals surface area (Å²) in [5.41, 5.74) is 0.307. The van der Waals surface area contributed by atoms with Crippen LogP contribution in [0.4, 0.5) is 5.82 Å². The van der Waals surface area contributed by atoms with Crippen LogP contribution in [0.2, 0.25) is 0 Å². The van der Waals surface area contributed by atoms with Crippen LogP contribution in [0.3, 0.4) is 0 Å². The van der Waals surface area contributed by atoms with Gasteiger partial charge < -0.3 is 10.1 Å². The predicted octanol–water partition coefficient (Wildman–Crippen LogP) is 0.944. The molecule has 0 saturated heterocycles. The quantitative estimate of drug-likeness (QED) is 0.757. The number of rotatable bonds is 5. The van der Waals surface area contributed by atoms with E-state index in [1.807, 2.05) is 26.8 Å². The van der Waals surface area contributed by atoms with E-state index in [2.05, 4.69) is 30.5 Å². The van der Waals surface area contributed by atoms with Gasteiger partial charge in [0.1, 0.15) is 17.5 Å². The Hall–Kier alpha value is -2.22. The van der Waals surface area contributed by atoms with Gasteiger partial charge in [0, 0.05) is 18.6 Å². The van der Waals surface area contributed by atoms with E-state index in [4.69, 9.17) is 4.74 Å².